The van der Waals surface area contributed by atoms with Gasteiger partial charge in [0, 0.05) is 11.9 Å². The van der Waals surface area contributed by atoms with Crippen LogP contribution in [0.25, 0.3) is 0 Å². The van der Waals surface area contributed by atoms with Gasteiger partial charge in [-0.1, -0.05) is 56.5 Å². The van der Waals surface area contributed by atoms with E-state index in [0.29, 0.717) is 6.54 Å². The first-order valence-electron chi connectivity index (χ1n) is 7.76. The van der Waals surface area contributed by atoms with E-state index in [2.05, 4.69) is 29.8 Å². The number of alkyl halides is 1. The Labute approximate surface area is 130 Å². The van der Waals surface area contributed by atoms with Crippen LogP contribution in [0.1, 0.15) is 53.4 Å². The summed E-state index contributed by atoms with van der Waals surface area (Å²) < 4.78 is 0. The molecule has 3 nitrogen and oxygen atoms in total. The average Bonchev–Trinajstić information content (AvgIpc) is 2.87. The third-order valence-corrected chi connectivity index (χ3v) is 6.42. The van der Waals surface area contributed by atoms with Crippen LogP contribution in [0.15, 0.2) is 0 Å². The second kappa shape index (κ2) is 5.43. The van der Waals surface area contributed by atoms with Crippen molar-refractivity contribution in [2.75, 3.05) is 11.9 Å². The molecule has 0 bridgehead atoms. The number of amides is 2. The van der Waals surface area contributed by atoms with E-state index < -0.39 is 0 Å². The van der Waals surface area contributed by atoms with Crippen molar-refractivity contribution in [1.82, 2.24) is 4.90 Å². The SMILES string of the molecule is CCCC(CBr)(CCC)CN1C(=O)C2C(C1=O)C2(C)C. The number of imide groups is 1. The van der Waals surface area contributed by atoms with Gasteiger partial charge in [-0.05, 0) is 23.7 Å². The molecule has 0 aromatic heterocycles. The van der Waals surface area contributed by atoms with Crippen LogP contribution < -0.4 is 0 Å². The molecule has 2 amide bonds. The first kappa shape index (κ1) is 16.0. The van der Waals surface area contributed by atoms with Crippen molar-refractivity contribution in [3.05, 3.63) is 0 Å². The van der Waals surface area contributed by atoms with E-state index in [9.17, 15) is 9.59 Å². The van der Waals surface area contributed by atoms with Gasteiger partial charge in [-0.15, -0.1) is 0 Å². The predicted molar refractivity (Wildman–Crippen MR) is 83.5 cm³/mol. The minimum Gasteiger partial charge on any atom is -0.281 e. The Morgan fingerprint density at radius 2 is 1.55 bits per heavy atom. The van der Waals surface area contributed by atoms with E-state index in [4.69, 9.17) is 0 Å². The summed E-state index contributed by atoms with van der Waals surface area (Å²) in [4.78, 5) is 26.5. The molecule has 2 aliphatic rings. The van der Waals surface area contributed by atoms with Gasteiger partial charge in [0.05, 0.1) is 11.8 Å². The highest BCUT2D eigenvalue weighted by atomic mass is 79.9. The fourth-order valence-electron chi connectivity index (χ4n) is 4.01. The summed E-state index contributed by atoms with van der Waals surface area (Å²) in [5, 5.41) is 0.859. The number of carbonyl (C=O) groups excluding carboxylic acids is 2. The van der Waals surface area contributed by atoms with Gasteiger partial charge in [0.15, 0.2) is 0 Å². The molecule has 2 rings (SSSR count). The molecule has 1 aliphatic heterocycles. The molecule has 20 heavy (non-hydrogen) atoms. The molecule has 0 spiro atoms. The molecule has 1 saturated heterocycles. The highest BCUT2D eigenvalue weighted by Crippen LogP contribution is 2.63. The summed E-state index contributed by atoms with van der Waals surface area (Å²) in [5.41, 5.74) is -0.0486. The lowest BCUT2D eigenvalue weighted by molar-refractivity contribution is -0.145. The van der Waals surface area contributed by atoms with E-state index in [1.54, 1.807) is 4.90 Å². The van der Waals surface area contributed by atoms with Crippen LogP contribution in [-0.2, 0) is 9.59 Å². The van der Waals surface area contributed by atoms with E-state index >= 15 is 0 Å². The first-order valence-corrected chi connectivity index (χ1v) is 8.88. The molecule has 1 saturated carbocycles. The summed E-state index contributed by atoms with van der Waals surface area (Å²) in [7, 11) is 0. The number of likely N-dealkylation sites (tertiary alicyclic amines) is 1. The fraction of sp³-hybridized carbons (Fsp3) is 0.875. The molecule has 2 fully saturated rings. The maximum Gasteiger partial charge on any atom is 0.233 e. The Morgan fingerprint density at radius 1 is 1.10 bits per heavy atom. The van der Waals surface area contributed by atoms with Gasteiger partial charge in [0.2, 0.25) is 11.8 Å². The monoisotopic (exact) mass is 343 g/mol. The molecule has 1 aliphatic carbocycles. The molecule has 0 radical (unpaired) electrons. The zero-order chi connectivity index (χ0) is 15.1. The predicted octanol–water partition coefficient (Wildman–Crippen LogP) is 3.61. The van der Waals surface area contributed by atoms with Crippen molar-refractivity contribution >= 4 is 27.7 Å². The number of halogens is 1. The van der Waals surface area contributed by atoms with E-state index in [1.165, 1.54) is 0 Å². The quantitative estimate of drug-likeness (QED) is 0.523. The molecule has 2 atom stereocenters. The van der Waals surface area contributed by atoms with Gasteiger partial charge in [-0.2, -0.15) is 0 Å². The maximum atomic E-state index is 12.5. The van der Waals surface area contributed by atoms with Crippen LogP contribution in [0.3, 0.4) is 0 Å². The Bertz CT molecular complexity index is 389. The second-order valence-corrected chi connectivity index (χ2v) is 7.73. The summed E-state index contributed by atoms with van der Waals surface area (Å²) in [6.07, 6.45) is 4.28. The molecular formula is C16H26BrNO2. The fourth-order valence-corrected chi connectivity index (χ4v) is 4.75. The number of hydrogen-bond acceptors (Lipinski definition) is 2. The Balaban J connectivity index is 2.13. The standard InChI is InChI=1S/C16H26BrNO2/c1-5-7-16(9-17,8-6-2)10-18-13(19)11-12(14(18)20)15(11,3)4/h11-12H,5-10H2,1-4H3. The van der Waals surface area contributed by atoms with Gasteiger partial charge in [0.1, 0.15) is 0 Å². The van der Waals surface area contributed by atoms with E-state index in [1.807, 2.05) is 13.8 Å². The van der Waals surface area contributed by atoms with Gasteiger partial charge in [-0.3, -0.25) is 14.5 Å². The summed E-state index contributed by atoms with van der Waals surface area (Å²) in [6, 6.07) is 0. The number of rotatable bonds is 7. The van der Waals surface area contributed by atoms with Crippen LogP contribution in [0, 0.1) is 22.7 Å². The highest BCUT2D eigenvalue weighted by molar-refractivity contribution is 9.09. The topological polar surface area (TPSA) is 37.4 Å². The van der Waals surface area contributed by atoms with Crippen LogP contribution in [0.4, 0.5) is 0 Å². The van der Waals surface area contributed by atoms with Crippen LogP contribution >= 0.6 is 15.9 Å². The number of hydrogen-bond donors (Lipinski definition) is 0. The van der Waals surface area contributed by atoms with Crippen molar-refractivity contribution in [2.45, 2.75) is 53.4 Å². The number of fused-ring (bicyclic) bond motifs is 1. The minimum absolute atomic E-state index is 0.0497. The van der Waals surface area contributed by atoms with Crippen molar-refractivity contribution < 1.29 is 9.59 Å². The zero-order valence-corrected chi connectivity index (χ0v) is 14.6. The molecule has 0 aromatic carbocycles. The molecular weight excluding hydrogens is 318 g/mol. The summed E-state index contributed by atoms with van der Waals surface area (Å²) in [6.45, 7) is 9.00. The largest absolute Gasteiger partial charge is 0.281 e. The molecule has 114 valence electrons. The van der Waals surface area contributed by atoms with Gasteiger partial charge >= 0.3 is 0 Å². The lowest BCUT2D eigenvalue weighted by Gasteiger charge is -2.36. The first-order chi connectivity index (χ1) is 9.34. The number of nitrogens with zero attached hydrogens (tertiary/aromatic N) is 1. The van der Waals surface area contributed by atoms with Crippen LogP contribution in [-0.4, -0.2) is 28.6 Å². The molecule has 4 heteroatoms. The van der Waals surface area contributed by atoms with Crippen LogP contribution in [0.5, 0.6) is 0 Å². The van der Waals surface area contributed by atoms with Gasteiger partial charge in [-0.25, -0.2) is 0 Å². The summed E-state index contributed by atoms with van der Waals surface area (Å²) >= 11 is 3.62. The summed E-state index contributed by atoms with van der Waals surface area (Å²) in [5.74, 6) is 0.0441. The lowest BCUT2D eigenvalue weighted by Crippen LogP contribution is -2.45. The average molecular weight is 344 g/mol. The number of carbonyl (C=O) groups is 2. The van der Waals surface area contributed by atoms with Gasteiger partial charge < -0.3 is 0 Å². The Hall–Kier alpha value is -0.380. The lowest BCUT2D eigenvalue weighted by atomic mass is 9.80. The zero-order valence-electron chi connectivity index (χ0n) is 13.0. The third kappa shape index (κ3) is 2.34. The second-order valence-electron chi connectivity index (χ2n) is 7.17. The van der Waals surface area contributed by atoms with Crippen molar-refractivity contribution in [3.63, 3.8) is 0 Å². The van der Waals surface area contributed by atoms with E-state index in [0.717, 1.165) is 31.0 Å². The molecule has 1 heterocycles. The van der Waals surface area contributed by atoms with Crippen molar-refractivity contribution in [1.29, 1.82) is 0 Å². The normalized spacial score (nSPS) is 27.9. The minimum atomic E-state index is -0.1000. The number of piperidine rings is 1. The maximum absolute atomic E-state index is 12.5. The molecule has 2 unspecified atom stereocenters. The van der Waals surface area contributed by atoms with Gasteiger partial charge in [0.25, 0.3) is 0 Å². The molecule has 0 aromatic rings. The molecule has 0 N–H and O–H groups in total. The smallest absolute Gasteiger partial charge is 0.233 e. The van der Waals surface area contributed by atoms with Crippen molar-refractivity contribution in [3.8, 4) is 0 Å². The highest BCUT2D eigenvalue weighted by Gasteiger charge is 2.72. The third-order valence-electron chi connectivity index (χ3n) is 5.23. The van der Waals surface area contributed by atoms with E-state index in [-0.39, 0.29) is 34.5 Å². The van der Waals surface area contributed by atoms with Crippen LogP contribution in [0.2, 0.25) is 0 Å². The van der Waals surface area contributed by atoms with Crippen molar-refractivity contribution in [2.24, 2.45) is 22.7 Å². The Kier molecular flexibility index (Phi) is 4.35. The Morgan fingerprint density at radius 3 is 1.90 bits per heavy atom.